The van der Waals surface area contributed by atoms with Crippen LogP contribution in [0.5, 0.6) is 5.75 Å². The van der Waals surface area contributed by atoms with Gasteiger partial charge in [0.1, 0.15) is 11.3 Å². The number of nitrogens with one attached hydrogen (secondary N) is 2. The number of carbonyl (C=O) groups is 2. The van der Waals surface area contributed by atoms with Gasteiger partial charge in [0.2, 0.25) is 0 Å². The number of hydrogen-bond acceptors (Lipinski definition) is 4. The molecule has 1 aliphatic rings. The molecule has 1 fully saturated rings. The molecule has 0 aliphatic heterocycles. The Bertz CT molecular complexity index is 1420. The highest BCUT2D eigenvalue weighted by Gasteiger charge is 2.20. The van der Waals surface area contributed by atoms with Crippen LogP contribution in [0.4, 0.5) is 0 Å². The normalized spacial score (nSPS) is 17.3. The van der Waals surface area contributed by atoms with Gasteiger partial charge in [-0.15, -0.1) is 0 Å². The van der Waals surface area contributed by atoms with E-state index in [1.807, 2.05) is 60.7 Å². The maximum Gasteiger partial charge on any atom is 0.251 e. The van der Waals surface area contributed by atoms with Crippen molar-refractivity contribution in [2.24, 2.45) is 5.92 Å². The summed E-state index contributed by atoms with van der Waals surface area (Å²) in [4.78, 5) is 29.7. The second-order valence-electron chi connectivity index (χ2n) is 9.96. The van der Waals surface area contributed by atoms with E-state index in [4.69, 9.17) is 0 Å². The van der Waals surface area contributed by atoms with Gasteiger partial charge in [-0.3, -0.25) is 14.6 Å². The van der Waals surface area contributed by atoms with Gasteiger partial charge in [-0.05, 0) is 90.8 Å². The maximum absolute atomic E-state index is 12.9. The number of nitrogens with zero attached hydrogens (tertiary/aromatic N) is 1. The highest BCUT2D eigenvalue weighted by molar-refractivity contribution is 5.96. The van der Waals surface area contributed by atoms with Crippen molar-refractivity contribution >= 4 is 22.7 Å². The standard InChI is InChI=1S/C31H31N3O3/c1-20-7-13-27(14-8-20)34-31(37)22-11-9-21(10-12-22)19-33-30(36)25-5-2-4-23(16-25)26-17-24-6-3-15-32-29(24)28(35)18-26/h2-6,9-12,15-18,20,27,35H,7-8,13-14,19H2,1H3,(H,33,36)(H,34,37). The number of hydrogen-bond donors (Lipinski definition) is 3. The Morgan fingerprint density at radius 3 is 2.43 bits per heavy atom. The van der Waals surface area contributed by atoms with Gasteiger partial charge in [-0.2, -0.15) is 0 Å². The molecule has 1 heterocycles. The molecule has 1 saturated carbocycles. The molecule has 1 aliphatic carbocycles. The van der Waals surface area contributed by atoms with Crippen LogP contribution in [0.2, 0.25) is 0 Å². The van der Waals surface area contributed by atoms with Crippen LogP contribution in [0.25, 0.3) is 22.0 Å². The molecular formula is C31H31N3O3. The van der Waals surface area contributed by atoms with E-state index in [2.05, 4.69) is 22.5 Å². The van der Waals surface area contributed by atoms with E-state index < -0.39 is 0 Å². The molecule has 188 valence electrons. The predicted molar refractivity (Wildman–Crippen MR) is 145 cm³/mol. The van der Waals surface area contributed by atoms with Crippen molar-refractivity contribution in [1.82, 2.24) is 15.6 Å². The van der Waals surface area contributed by atoms with Crippen LogP contribution in [0.15, 0.2) is 79.0 Å². The van der Waals surface area contributed by atoms with E-state index in [-0.39, 0.29) is 23.6 Å². The Balaban J connectivity index is 1.20. The molecule has 0 bridgehead atoms. The molecule has 0 saturated heterocycles. The third kappa shape index (κ3) is 5.80. The average Bonchev–Trinajstić information content (AvgIpc) is 2.93. The van der Waals surface area contributed by atoms with E-state index in [9.17, 15) is 14.7 Å². The molecule has 4 aromatic rings. The van der Waals surface area contributed by atoms with Gasteiger partial charge in [-0.1, -0.05) is 37.3 Å². The molecular weight excluding hydrogens is 462 g/mol. The quantitative estimate of drug-likeness (QED) is 0.314. The number of fused-ring (bicyclic) bond motifs is 1. The minimum absolute atomic E-state index is 0.0394. The van der Waals surface area contributed by atoms with Crippen molar-refractivity contribution < 1.29 is 14.7 Å². The van der Waals surface area contributed by atoms with Crippen molar-refractivity contribution in [1.29, 1.82) is 0 Å². The first-order valence-corrected chi connectivity index (χ1v) is 12.8. The summed E-state index contributed by atoms with van der Waals surface area (Å²) in [6.45, 7) is 2.62. The first kappa shape index (κ1) is 24.5. The highest BCUT2D eigenvalue weighted by Crippen LogP contribution is 2.31. The number of aromatic hydroxyl groups is 1. The summed E-state index contributed by atoms with van der Waals surface area (Å²) in [5.74, 6) is 0.618. The van der Waals surface area contributed by atoms with Gasteiger partial charge >= 0.3 is 0 Å². The summed E-state index contributed by atoms with van der Waals surface area (Å²) in [7, 11) is 0. The number of phenolic OH excluding ortho intramolecular Hbond substituents is 1. The van der Waals surface area contributed by atoms with Crippen molar-refractivity contribution in [3.63, 3.8) is 0 Å². The smallest absolute Gasteiger partial charge is 0.251 e. The zero-order chi connectivity index (χ0) is 25.8. The van der Waals surface area contributed by atoms with E-state index in [1.165, 1.54) is 0 Å². The molecule has 6 nitrogen and oxygen atoms in total. The van der Waals surface area contributed by atoms with E-state index in [1.54, 1.807) is 18.3 Å². The van der Waals surface area contributed by atoms with Crippen LogP contribution in [0.1, 0.15) is 58.9 Å². The van der Waals surface area contributed by atoms with Crippen molar-refractivity contribution in [2.45, 2.75) is 45.2 Å². The monoisotopic (exact) mass is 493 g/mol. The Morgan fingerprint density at radius 2 is 1.65 bits per heavy atom. The van der Waals surface area contributed by atoms with Crippen LogP contribution >= 0.6 is 0 Å². The summed E-state index contributed by atoms with van der Waals surface area (Å²) in [6, 6.07) is 22.3. The Kier molecular flexibility index (Phi) is 7.17. The molecule has 2 amide bonds. The van der Waals surface area contributed by atoms with Gasteiger partial charge in [0.05, 0.1) is 0 Å². The van der Waals surface area contributed by atoms with Gasteiger partial charge in [0.25, 0.3) is 11.8 Å². The second kappa shape index (κ2) is 10.8. The number of carbonyl (C=O) groups excluding carboxylic acids is 2. The van der Waals surface area contributed by atoms with Crippen molar-refractivity contribution in [3.05, 3.63) is 95.7 Å². The van der Waals surface area contributed by atoms with Crippen molar-refractivity contribution in [3.8, 4) is 16.9 Å². The number of pyridine rings is 1. The molecule has 6 heteroatoms. The fraction of sp³-hybridized carbons (Fsp3) is 0.258. The lowest BCUT2D eigenvalue weighted by atomic mass is 9.87. The van der Waals surface area contributed by atoms with Gasteiger partial charge in [0.15, 0.2) is 0 Å². The van der Waals surface area contributed by atoms with E-state index in [0.717, 1.165) is 53.7 Å². The molecule has 0 spiro atoms. The minimum Gasteiger partial charge on any atom is -0.506 e. The van der Waals surface area contributed by atoms with Crippen LogP contribution in [0.3, 0.4) is 0 Å². The number of benzene rings is 3. The van der Waals surface area contributed by atoms with Gasteiger partial charge < -0.3 is 15.7 Å². The van der Waals surface area contributed by atoms with Crippen LogP contribution in [-0.4, -0.2) is 27.9 Å². The summed E-state index contributed by atoms with van der Waals surface area (Å²) < 4.78 is 0. The Morgan fingerprint density at radius 1 is 0.865 bits per heavy atom. The summed E-state index contributed by atoms with van der Waals surface area (Å²) in [6.07, 6.45) is 6.05. The van der Waals surface area contributed by atoms with Gasteiger partial charge in [-0.25, -0.2) is 0 Å². The molecule has 0 radical (unpaired) electrons. The average molecular weight is 494 g/mol. The third-order valence-corrected chi connectivity index (χ3v) is 7.16. The van der Waals surface area contributed by atoms with Crippen LogP contribution in [0, 0.1) is 5.92 Å². The molecule has 37 heavy (non-hydrogen) atoms. The summed E-state index contributed by atoms with van der Waals surface area (Å²) >= 11 is 0. The maximum atomic E-state index is 12.9. The molecule has 0 atom stereocenters. The first-order chi connectivity index (χ1) is 18.0. The fourth-order valence-corrected chi connectivity index (χ4v) is 4.91. The molecule has 5 rings (SSSR count). The summed E-state index contributed by atoms with van der Waals surface area (Å²) in [5.41, 5.74) is 4.27. The molecule has 0 unspecified atom stereocenters. The highest BCUT2D eigenvalue weighted by atomic mass is 16.3. The lowest BCUT2D eigenvalue weighted by molar-refractivity contribution is 0.0920. The SMILES string of the molecule is CC1CCC(NC(=O)c2ccc(CNC(=O)c3cccc(-c4cc(O)c5ncccc5c4)c3)cc2)CC1. The van der Waals surface area contributed by atoms with Crippen molar-refractivity contribution in [2.75, 3.05) is 0 Å². The zero-order valence-corrected chi connectivity index (χ0v) is 20.9. The van der Waals surface area contributed by atoms with E-state index >= 15 is 0 Å². The molecule has 3 N–H and O–H groups in total. The number of aromatic nitrogens is 1. The van der Waals surface area contributed by atoms with Crippen LogP contribution in [-0.2, 0) is 6.54 Å². The summed E-state index contributed by atoms with van der Waals surface area (Å²) in [5, 5.41) is 17.3. The first-order valence-electron chi connectivity index (χ1n) is 12.8. The minimum atomic E-state index is -0.193. The second-order valence-corrected chi connectivity index (χ2v) is 9.96. The zero-order valence-electron chi connectivity index (χ0n) is 20.9. The van der Waals surface area contributed by atoms with Gasteiger partial charge in [0, 0.05) is 35.3 Å². The number of phenols is 1. The predicted octanol–water partition coefficient (Wildman–Crippen LogP) is 5.85. The van der Waals surface area contributed by atoms with E-state index in [0.29, 0.717) is 23.2 Å². The Labute approximate surface area is 216 Å². The topological polar surface area (TPSA) is 91.3 Å². The van der Waals surface area contributed by atoms with Crippen LogP contribution < -0.4 is 10.6 Å². The fourth-order valence-electron chi connectivity index (χ4n) is 4.91. The Hall–Kier alpha value is -4.19. The molecule has 3 aromatic carbocycles. The largest absolute Gasteiger partial charge is 0.506 e. The lowest BCUT2D eigenvalue weighted by Crippen LogP contribution is -2.37. The molecule has 1 aromatic heterocycles. The third-order valence-electron chi connectivity index (χ3n) is 7.16. The number of rotatable bonds is 6. The number of amides is 2. The lowest BCUT2D eigenvalue weighted by Gasteiger charge is -2.26.